The molecule has 0 unspecified atom stereocenters. The average molecular weight is 344 g/mol. The zero-order chi connectivity index (χ0) is 16.6. The fraction of sp³-hybridized carbons (Fsp3) is 0.389. The molecular weight excluding hydrogens is 324 g/mol. The third kappa shape index (κ3) is 3.03. The van der Waals surface area contributed by atoms with Gasteiger partial charge in [-0.2, -0.15) is 4.31 Å². The second-order valence-corrected chi connectivity index (χ2v) is 8.43. The number of sulfonamides is 1. The smallest absolute Gasteiger partial charge is 0.216 e. The van der Waals surface area contributed by atoms with Gasteiger partial charge in [-0.05, 0) is 42.5 Å². The maximum Gasteiger partial charge on any atom is 0.216 e. The van der Waals surface area contributed by atoms with Crippen molar-refractivity contribution in [3.63, 3.8) is 0 Å². The number of aryl methyl sites for hydroxylation is 1. The maximum atomic E-state index is 12.0. The molecule has 24 heavy (non-hydrogen) atoms. The Bertz CT molecular complexity index is 864. The Hall–Kier alpha value is -1.92. The van der Waals surface area contributed by atoms with E-state index in [0.717, 1.165) is 54.0 Å². The van der Waals surface area contributed by atoms with Crippen LogP contribution in [0.3, 0.4) is 0 Å². The molecule has 1 aromatic heterocycles. The molecule has 1 fully saturated rings. The van der Waals surface area contributed by atoms with E-state index in [1.807, 2.05) is 24.4 Å². The lowest BCUT2D eigenvalue weighted by Gasteiger charge is -2.17. The molecule has 2 aliphatic rings. The molecule has 1 aromatic carbocycles. The largest absolute Gasteiger partial charge is 0.477 e. The summed E-state index contributed by atoms with van der Waals surface area (Å²) in [6, 6.07) is 10.2. The van der Waals surface area contributed by atoms with E-state index in [1.54, 1.807) is 4.31 Å². The average Bonchev–Trinajstić information content (AvgIpc) is 2.93. The summed E-state index contributed by atoms with van der Waals surface area (Å²) in [6.45, 7) is 1.79. The number of pyridine rings is 1. The monoisotopic (exact) mass is 344 g/mol. The van der Waals surface area contributed by atoms with Crippen LogP contribution in [-0.4, -0.2) is 36.6 Å². The minimum absolute atomic E-state index is 0.265. The van der Waals surface area contributed by atoms with Crippen molar-refractivity contribution >= 4 is 10.0 Å². The van der Waals surface area contributed by atoms with E-state index >= 15 is 0 Å². The summed E-state index contributed by atoms with van der Waals surface area (Å²) >= 11 is 0. The van der Waals surface area contributed by atoms with Gasteiger partial charge < -0.3 is 4.74 Å². The van der Waals surface area contributed by atoms with E-state index in [2.05, 4.69) is 17.1 Å². The molecule has 0 radical (unpaired) electrons. The fourth-order valence-corrected chi connectivity index (χ4v) is 4.82. The summed E-state index contributed by atoms with van der Waals surface area (Å²) in [5, 5.41) is 0. The quantitative estimate of drug-likeness (QED) is 0.859. The van der Waals surface area contributed by atoms with Crippen molar-refractivity contribution < 1.29 is 13.2 Å². The lowest BCUT2D eigenvalue weighted by Crippen LogP contribution is -2.25. The first-order valence-electron chi connectivity index (χ1n) is 8.31. The molecular formula is C18H20N2O3S. The maximum absolute atomic E-state index is 12.0. The number of nitrogens with zero attached hydrogens (tertiary/aromatic N) is 2. The Morgan fingerprint density at radius 3 is 2.92 bits per heavy atom. The van der Waals surface area contributed by atoms with E-state index in [0.29, 0.717) is 13.1 Å². The van der Waals surface area contributed by atoms with Gasteiger partial charge in [0.1, 0.15) is 0 Å². The molecule has 0 aliphatic carbocycles. The Morgan fingerprint density at radius 1 is 1.17 bits per heavy atom. The van der Waals surface area contributed by atoms with Crippen molar-refractivity contribution in [3.8, 4) is 17.0 Å². The third-order valence-corrected chi connectivity index (χ3v) is 6.48. The third-order valence-electron chi connectivity index (χ3n) is 4.58. The number of ether oxygens (including phenoxy) is 1. The molecule has 126 valence electrons. The number of benzene rings is 1. The van der Waals surface area contributed by atoms with Crippen molar-refractivity contribution in [1.82, 2.24) is 9.29 Å². The number of hydrogen-bond acceptors (Lipinski definition) is 4. The molecule has 0 spiro atoms. The lowest BCUT2D eigenvalue weighted by atomic mass is 10.0. The predicted molar refractivity (Wildman–Crippen MR) is 92.3 cm³/mol. The molecule has 0 N–H and O–H groups in total. The standard InChI is InChI=1S/C18H20N2O3S/c21-24(22)9-3-7-20(24)13-14-4-1-5-15(10-14)17-11-16-6-2-8-23-18(16)19-12-17/h1,4-5,10-12H,2-3,6-9,13H2. The first-order valence-corrected chi connectivity index (χ1v) is 9.92. The van der Waals surface area contributed by atoms with Crippen LogP contribution in [0.15, 0.2) is 36.5 Å². The minimum Gasteiger partial charge on any atom is -0.477 e. The van der Waals surface area contributed by atoms with E-state index < -0.39 is 10.0 Å². The topological polar surface area (TPSA) is 59.5 Å². The minimum atomic E-state index is -3.07. The van der Waals surface area contributed by atoms with Crippen molar-refractivity contribution in [2.45, 2.75) is 25.8 Å². The van der Waals surface area contributed by atoms with Crippen LogP contribution in [0.4, 0.5) is 0 Å². The molecule has 3 heterocycles. The van der Waals surface area contributed by atoms with Gasteiger partial charge in [-0.15, -0.1) is 0 Å². The molecule has 1 saturated heterocycles. The van der Waals surface area contributed by atoms with E-state index in [9.17, 15) is 8.42 Å². The molecule has 5 nitrogen and oxygen atoms in total. The normalized spacial score (nSPS) is 19.7. The predicted octanol–water partition coefficient (Wildman–Crippen LogP) is 2.61. The van der Waals surface area contributed by atoms with Gasteiger partial charge in [0.2, 0.25) is 15.9 Å². The number of aromatic nitrogens is 1. The highest BCUT2D eigenvalue weighted by Gasteiger charge is 2.28. The van der Waals surface area contributed by atoms with Crippen LogP contribution in [0.1, 0.15) is 24.0 Å². The van der Waals surface area contributed by atoms with Crippen molar-refractivity contribution in [2.24, 2.45) is 0 Å². The lowest BCUT2D eigenvalue weighted by molar-refractivity contribution is 0.276. The zero-order valence-corrected chi connectivity index (χ0v) is 14.3. The van der Waals surface area contributed by atoms with Crippen LogP contribution in [0.25, 0.3) is 11.1 Å². The summed E-state index contributed by atoms with van der Waals surface area (Å²) in [5.41, 5.74) is 4.26. The van der Waals surface area contributed by atoms with Crippen LogP contribution >= 0.6 is 0 Å². The molecule has 0 bridgehead atoms. The van der Waals surface area contributed by atoms with Gasteiger partial charge in [0, 0.05) is 30.4 Å². The highest BCUT2D eigenvalue weighted by atomic mass is 32.2. The van der Waals surface area contributed by atoms with Gasteiger partial charge in [0.15, 0.2) is 0 Å². The second-order valence-electron chi connectivity index (χ2n) is 6.34. The first kappa shape index (κ1) is 15.6. The van der Waals surface area contributed by atoms with Gasteiger partial charge >= 0.3 is 0 Å². The summed E-state index contributed by atoms with van der Waals surface area (Å²) < 4.78 is 31.1. The summed E-state index contributed by atoms with van der Waals surface area (Å²) in [7, 11) is -3.07. The highest BCUT2D eigenvalue weighted by molar-refractivity contribution is 7.89. The SMILES string of the molecule is O=S1(=O)CCCN1Cc1cccc(-c2cnc3c(c2)CCCO3)c1. The van der Waals surface area contributed by atoms with Crippen LogP contribution in [0, 0.1) is 0 Å². The molecule has 6 heteroatoms. The van der Waals surface area contributed by atoms with Crippen LogP contribution in [0.2, 0.25) is 0 Å². The molecule has 0 atom stereocenters. The van der Waals surface area contributed by atoms with Crippen LogP contribution < -0.4 is 4.74 Å². The summed E-state index contributed by atoms with van der Waals surface area (Å²) in [6.07, 6.45) is 4.56. The Kier molecular flexibility index (Phi) is 4.02. The molecule has 2 aliphatic heterocycles. The van der Waals surface area contributed by atoms with E-state index in [1.165, 1.54) is 0 Å². The second kappa shape index (κ2) is 6.18. The van der Waals surface area contributed by atoms with E-state index in [-0.39, 0.29) is 5.75 Å². The van der Waals surface area contributed by atoms with Gasteiger partial charge in [-0.1, -0.05) is 18.2 Å². The summed E-state index contributed by atoms with van der Waals surface area (Å²) in [5.74, 6) is 1.01. The zero-order valence-electron chi connectivity index (χ0n) is 13.4. The molecule has 0 amide bonds. The Balaban J connectivity index is 1.61. The van der Waals surface area contributed by atoms with Gasteiger partial charge in [-0.3, -0.25) is 0 Å². The number of hydrogen-bond donors (Lipinski definition) is 0. The first-order chi connectivity index (χ1) is 11.6. The molecule has 0 saturated carbocycles. The van der Waals surface area contributed by atoms with Gasteiger partial charge in [-0.25, -0.2) is 13.4 Å². The van der Waals surface area contributed by atoms with Crippen LogP contribution in [-0.2, 0) is 23.0 Å². The highest BCUT2D eigenvalue weighted by Crippen LogP contribution is 2.28. The Labute approximate surface area is 142 Å². The van der Waals surface area contributed by atoms with Gasteiger partial charge in [0.25, 0.3) is 0 Å². The molecule has 2 aromatic rings. The fourth-order valence-electron chi connectivity index (χ4n) is 3.32. The van der Waals surface area contributed by atoms with Crippen molar-refractivity contribution in [3.05, 3.63) is 47.7 Å². The van der Waals surface area contributed by atoms with Crippen molar-refractivity contribution in [2.75, 3.05) is 18.9 Å². The summed E-state index contributed by atoms with van der Waals surface area (Å²) in [4.78, 5) is 4.42. The van der Waals surface area contributed by atoms with Gasteiger partial charge in [0.05, 0.1) is 12.4 Å². The Morgan fingerprint density at radius 2 is 2.08 bits per heavy atom. The molecule has 4 rings (SSSR count). The number of fused-ring (bicyclic) bond motifs is 1. The van der Waals surface area contributed by atoms with Crippen LogP contribution in [0.5, 0.6) is 5.88 Å². The van der Waals surface area contributed by atoms with Crippen molar-refractivity contribution in [1.29, 1.82) is 0 Å². The number of rotatable bonds is 3. The van der Waals surface area contributed by atoms with E-state index in [4.69, 9.17) is 4.74 Å².